The minimum Gasteiger partial charge on any atom is -0.485 e. The summed E-state index contributed by atoms with van der Waals surface area (Å²) in [4.78, 5) is 19.9. The van der Waals surface area contributed by atoms with Gasteiger partial charge in [0.1, 0.15) is 18.2 Å². The van der Waals surface area contributed by atoms with Gasteiger partial charge < -0.3 is 23.5 Å². The molecule has 10 heteroatoms. The van der Waals surface area contributed by atoms with Crippen LogP contribution >= 0.6 is 11.6 Å². The summed E-state index contributed by atoms with van der Waals surface area (Å²) in [6.07, 6.45) is 2.30. The molecule has 4 aliphatic heterocycles. The Hall–Kier alpha value is -3.66. The molecule has 8 rings (SSSR count). The van der Waals surface area contributed by atoms with E-state index in [0.717, 1.165) is 61.4 Å². The lowest BCUT2D eigenvalue weighted by Gasteiger charge is -2.51. The Labute approximate surface area is 253 Å². The van der Waals surface area contributed by atoms with Crippen LogP contribution in [0.4, 0.5) is 4.39 Å². The van der Waals surface area contributed by atoms with Crippen LogP contribution in [0.15, 0.2) is 54.6 Å². The van der Waals surface area contributed by atoms with E-state index in [-0.39, 0.29) is 36.7 Å². The highest BCUT2D eigenvalue weighted by molar-refractivity contribution is 6.30. The van der Waals surface area contributed by atoms with Gasteiger partial charge in [-0.05, 0) is 68.1 Å². The second kappa shape index (κ2) is 10.5. The fraction of sp³-hybridized carbons (Fsp3) is 0.394. The molecular weight excluding hydrogens is 573 g/mol. The number of nitrogens with zero attached hydrogens (tertiary/aromatic N) is 3. The van der Waals surface area contributed by atoms with E-state index in [0.29, 0.717) is 27.6 Å². The largest absolute Gasteiger partial charge is 0.485 e. The SMILES string of the molecule is COC(=O)c1ccc2nc3n(c2c1)C([C@@H]1CCO1)[C@H]1CC(c2cccc4c2OC(c2ccc(Cl)cc2F)CO4)CCN1C3. The third-order valence-electron chi connectivity index (χ3n) is 9.50. The molecule has 0 radical (unpaired) electrons. The summed E-state index contributed by atoms with van der Waals surface area (Å²) in [5.74, 6) is 1.81. The maximum absolute atomic E-state index is 14.8. The van der Waals surface area contributed by atoms with Crippen molar-refractivity contribution < 1.29 is 28.1 Å². The van der Waals surface area contributed by atoms with Gasteiger partial charge in [-0.25, -0.2) is 14.2 Å². The van der Waals surface area contributed by atoms with E-state index in [4.69, 9.17) is 35.5 Å². The summed E-state index contributed by atoms with van der Waals surface area (Å²) < 4.78 is 40.9. The average molecular weight is 604 g/mol. The number of hydrogen-bond acceptors (Lipinski definition) is 7. The lowest BCUT2D eigenvalue weighted by molar-refractivity contribution is -0.112. The Balaban J connectivity index is 1.14. The average Bonchev–Trinajstić information content (AvgIpc) is 3.36. The third kappa shape index (κ3) is 4.48. The first-order valence-corrected chi connectivity index (χ1v) is 15.2. The first kappa shape index (κ1) is 26.9. The highest BCUT2D eigenvalue weighted by Crippen LogP contribution is 2.49. The van der Waals surface area contributed by atoms with Crippen molar-refractivity contribution >= 4 is 28.6 Å². The van der Waals surface area contributed by atoms with Gasteiger partial charge in [0.2, 0.25) is 0 Å². The summed E-state index contributed by atoms with van der Waals surface area (Å²) in [5, 5.41) is 0.346. The Morgan fingerprint density at radius 1 is 1.12 bits per heavy atom. The Morgan fingerprint density at radius 2 is 2.00 bits per heavy atom. The predicted molar refractivity (Wildman–Crippen MR) is 157 cm³/mol. The minimum atomic E-state index is -0.569. The van der Waals surface area contributed by atoms with Crippen molar-refractivity contribution in [3.8, 4) is 11.5 Å². The first-order chi connectivity index (χ1) is 21.0. The number of piperidine rings is 1. The molecule has 0 spiro atoms. The maximum Gasteiger partial charge on any atom is 0.337 e. The molecule has 0 bridgehead atoms. The van der Waals surface area contributed by atoms with Gasteiger partial charge in [-0.15, -0.1) is 0 Å². The molecule has 43 heavy (non-hydrogen) atoms. The van der Waals surface area contributed by atoms with Crippen molar-refractivity contribution in [1.29, 1.82) is 0 Å². The third-order valence-corrected chi connectivity index (χ3v) is 9.74. The number of rotatable bonds is 4. The number of fused-ring (bicyclic) bond motifs is 5. The van der Waals surface area contributed by atoms with Crippen LogP contribution in [-0.2, 0) is 16.0 Å². The molecule has 0 N–H and O–H groups in total. The van der Waals surface area contributed by atoms with E-state index in [1.807, 2.05) is 24.3 Å². The van der Waals surface area contributed by atoms with E-state index >= 15 is 0 Å². The quantitative estimate of drug-likeness (QED) is 0.256. The van der Waals surface area contributed by atoms with Crippen LogP contribution in [0.1, 0.15) is 64.6 Å². The number of halogens is 2. The second-order valence-corrected chi connectivity index (χ2v) is 12.2. The van der Waals surface area contributed by atoms with Crippen LogP contribution < -0.4 is 9.47 Å². The number of para-hydroxylation sites is 1. The van der Waals surface area contributed by atoms with E-state index in [1.54, 1.807) is 18.2 Å². The van der Waals surface area contributed by atoms with Crippen LogP contribution in [0.3, 0.4) is 0 Å². The highest BCUT2D eigenvalue weighted by atomic mass is 35.5. The second-order valence-electron chi connectivity index (χ2n) is 11.8. The molecule has 5 atom stereocenters. The summed E-state index contributed by atoms with van der Waals surface area (Å²) in [6, 6.07) is 16.5. The molecule has 0 amide bonds. The van der Waals surface area contributed by atoms with Crippen molar-refractivity contribution in [2.45, 2.75) is 56.0 Å². The number of esters is 1. The minimum absolute atomic E-state index is 0.0471. The fourth-order valence-electron chi connectivity index (χ4n) is 7.35. The van der Waals surface area contributed by atoms with Crippen LogP contribution in [0.25, 0.3) is 11.0 Å². The molecule has 5 heterocycles. The summed E-state index contributed by atoms with van der Waals surface area (Å²) >= 11 is 6.00. The van der Waals surface area contributed by atoms with Crippen molar-refractivity contribution in [2.75, 3.05) is 26.9 Å². The standard InChI is InChI=1S/C33H31ClFN3O5/c1-40-33(39)19-5-8-24-25(14-19)38-30(36-24)16-37-11-9-18(13-26(37)31(38)27-10-12-41-27)21-3-2-4-28-32(21)43-29(17-42-28)22-7-6-20(34)15-23(22)35/h2-8,14-15,18,26-27,29,31H,9-13,16-17H2,1H3/t18?,26-,27+,29?,31?/m1/s1. The number of carbonyl (C=O) groups is 1. The van der Waals surface area contributed by atoms with Gasteiger partial charge in [0.25, 0.3) is 0 Å². The number of benzene rings is 3. The number of hydrogen-bond donors (Lipinski definition) is 0. The molecule has 0 aliphatic carbocycles. The molecule has 2 fully saturated rings. The van der Waals surface area contributed by atoms with Gasteiger partial charge >= 0.3 is 5.97 Å². The number of ether oxygens (including phenoxy) is 4. The van der Waals surface area contributed by atoms with Gasteiger partial charge in [-0.1, -0.05) is 29.8 Å². The fourth-order valence-corrected chi connectivity index (χ4v) is 7.51. The summed E-state index contributed by atoms with van der Waals surface area (Å²) in [5.41, 5.74) is 3.82. The summed E-state index contributed by atoms with van der Waals surface area (Å²) in [6.45, 7) is 2.59. The monoisotopic (exact) mass is 603 g/mol. The molecular formula is C33H31ClFN3O5. The van der Waals surface area contributed by atoms with Crippen LogP contribution in [0.2, 0.25) is 5.02 Å². The van der Waals surface area contributed by atoms with E-state index in [2.05, 4.69) is 15.5 Å². The lowest BCUT2D eigenvalue weighted by Crippen LogP contribution is -2.55. The van der Waals surface area contributed by atoms with Gasteiger partial charge in [0.15, 0.2) is 17.6 Å². The number of imidazole rings is 1. The molecule has 0 saturated carbocycles. The molecule has 8 nitrogen and oxygen atoms in total. The highest BCUT2D eigenvalue weighted by Gasteiger charge is 2.47. The van der Waals surface area contributed by atoms with Crippen molar-refractivity contribution in [3.63, 3.8) is 0 Å². The molecule has 3 unspecified atom stereocenters. The van der Waals surface area contributed by atoms with E-state index < -0.39 is 11.9 Å². The van der Waals surface area contributed by atoms with Crippen LogP contribution in [0, 0.1) is 5.82 Å². The number of methoxy groups -OCH3 is 1. The topological polar surface area (TPSA) is 75.0 Å². The van der Waals surface area contributed by atoms with Gasteiger partial charge in [-0.2, -0.15) is 0 Å². The first-order valence-electron chi connectivity index (χ1n) is 14.8. The molecule has 1 aromatic heterocycles. The van der Waals surface area contributed by atoms with Crippen molar-refractivity contribution in [2.24, 2.45) is 0 Å². The van der Waals surface area contributed by atoms with Crippen LogP contribution in [0.5, 0.6) is 11.5 Å². The molecule has 4 aliphatic rings. The van der Waals surface area contributed by atoms with Crippen LogP contribution in [-0.4, -0.2) is 59.4 Å². The van der Waals surface area contributed by atoms with E-state index in [1.165, 1.54) is 13.2 Å². The van der Waals surface area contributed by atoms with Gasteiger partial charge in [-0.3, -0.25) is 4.90 Å². The Bertz CT molecular complexity index is 1740. The molecule has 2 saturated heterocycles. The van der Waals surface area contributed by atoms with E-state index in [9.17, 15) is 9.18 Å². The molecule has 3 aromatic carbocycles. The van der Waals surface area contributed by atoms with Crippen molar-refractivity contribution in [1.82, 2.24) is 14.5 Å². The molecule has 222 valence electrons. The number of carbonyl (C=O) groups excluding carboxylic acids is 1. The lowest BCUT2D eigenvalue weighted by atomic mass is 9.79. The Kier molecular flexibility index (Phi) is 6.58. The zero-order valence-corrected chi connectivity index (χ0v) is 24.4. The predicted octanol–water partition coefficient (Wildman–Crippen LogP) is 6.22. The van der Waals surface area contributed by atoms with Gasteiger partial charge in [0, 0.05) is 28.8 Å². The summed E-state index contributed by atoms with van der Waals surface area (Å²) in [7, 11) is 1.40. The zero-order chi connectivity index (χ0) is 29.2. The van der Waals surface area contributed by atoms with Crippen molar-refractivity contribution in [3.05, 3.63) is 88.0 Å². The number of aromatic nitrogens is 2. The Morgan fingerprint density at radius 3 is 2.79 bits per heavy atom. The van der Waals surface area contributed by atoms with Gasteiger partial charge in [0.05, 0.1) is 42.4 Å². The zero-order valence-electron chi connectivity index (χ0n) is 23.7. The molecule has 4 aromatic rings. The smallest absolute Gasteiger partial charge is 0.337 e. The normalized spacial score (nSPS) is 26.3. The maximum atomic E-state index is 14.8.